The summed E-state index contributed by atoms with van der Waals surface area (Å²) in [6.45, 7) is 8.12. The van der Waals surface area contributed by atoms with Crippen LogP contribution in [0, 0.1) is 5.92 Å². The minimum Gasteiger partial charge on any atom is -0.381 e. The molecule has 1 saturated heterocycles. The number of aromatic nitrogens is 3. The zero-order valence-corrected chi connectivity index (χ0v) is 22.0. The number of benzene rings is 1. The van der Waals surface area contributed by atoms with E-state index in [1.165, 1.54) is 12.4 Å². The molecule has 0 atom stereocenters. The fourth-order valence-corrected chi connectivity index (χ4v) is 5.79. The highest BCUT2D eigenvalue weighted by atomic mass is 32.2. The molecule has 1 aliphatic heterocycles. The summed E-state index contributed by atoms with van der Waals surface area (Å²) in [6, 6.07) is 6.68. The second kappa shape index (κ2) is 10.7. The number of hydrogen-bond acceptors (Lipinski definition) is 5. The summed E-state index contributed by atoms with van der Waals surface area (Å²) in [6.07, 6.45) is 5.73. The Morgan fingerprint density at radius 3 is 2.69 bits per heavy atom. The Labute approximate surface area is 211 Å². The molecule has 0 unspecified atom stereocenters. The van der Waals surface area contributed by atoms with Gasteiger partial charge in [-0.2, -0.15) is 0 Å². The van der Waals surface area contributed by atoms with Gasteiger partial charge in [-0.3, -0.25) is 4.79 Å². The van der Waals surface area contributed by atoms with Crippen molar-refractivity contribution in [2.75, 3.05) is 26.4 Å². The predicted octanol–water partition coefficient (Wildman–Crippen LogP) is 3.82. The number of ether oxygens (including phenoxy) is 1. The number of amides is 1. The van der Waals surface area contributed by atoms with Crippen molar-refractivity contribution in [2.24, 2.45) is 5.92 Å². The van der Waals surface area contributed by atoms with Gasteiger partial charge in [0.05, 0.1) is 22.3 Å². The van der Waals surface area contributed by atoms with E-state index in [1.807, 2.05) is 6.07 Å². The number of carbonyl (C=O) groups excluding carboxylic acids is 1. The first-order chi connectivity index (χ1) is 17.2. The van der Waals surface area contributed by atoms with Gasteiger partial charge in [-0.05, 0) is 55.0 Å². The number of hydrogen-bond donors (Lipinski definition) is 1. The van der Waals surface area contributed by atoms with Gasteiger partial charge in [-0.1, -0.05) is 20.8 Å². The highest BCUT2D eigenvalue weighted by Gasteiger charge is 2.29. The Morgan fingerprint density at radius 2 is 2.00 bits per heavy atom. The number of rotatable bonds is 10. The average molecular weight is 519 g/mol. The minimum absolute atomic E-state index is 0.0202. The van der Waals surface area contributed by atoms with E-state index in [1.54, 1.807) is 18.2 Å². The van der Waals surface area contributed by atoms with Crippen LogP contribution >= 0.6 is 0 Å². The van der Waals surface area contributed by atoms with E-state index in [4.69, 9.17) is 9.72 Å². The Bertz CT molecular complexity index is 1320. The third-order valence-electron chi connectivity index (χ3n) is 7.08. The molecule has 2 aromatic heterocycles. The standard InChI is InChI=1S/C26H35FN4O4S/c1-4-26(2,3)25-29-22-16-21(5-6-23(22)31(25)18-19-8-13-35-14-9-19)36(33,34)30-12-7-20(17-30)15-24(32)28-11-10-27/h5-7,12,16-17,19H,4,8-11,13-15,18H2,1-3H3,(H,28,32). The van der Waals surface area contributed by atoms with Gasteiger partial charge in [0.2, 0.25) is 5.91 Å². The first-order valence-electron chi connectivity index (χ1n) is 12.5. The average Bonchev–Trinajstić information content (AvgIpc) is 3.49. The van der Waals surface area contributed by atoms with Crippen LogP contribution in [0.3, 0.4) is 0 Å². The van der Waals surface area contributed by atoms with Crippen LogP contribution in [-0.2, 0) is 37.9 Å². The lowest BCUT2D eigenvalue weighted by molar-refractivity contribution is -0.120. The van der Waals surface area contributed by atoms with Crippen LogP contribution in [0.2, 0.25) is 0 Å². The van der Waals surface area contributed by atoms with Crippen molar-refractivity contribution in [1.82, 2.24) is 18.8 Å². The van der Waals surface area contributed by atoms with Crippen molar-refractivity contribution in [3.63, 3.8) is 0 Å². The van der Waals surface area contributed by atoms with Gasteiger partial charge in [0, 0.05) is 44.1 Å². The maximum atomic E-state index is 13.4. The molecule has 1 fully saturated rings. The number of carbonyl (C=O) groups is 1. The number of nitrogens with zero attached hydrogens (tertiary/aromatic N) is 3. The number of halogens is 1. The summed E-state index contributed by atoms with van der Waals surface area (Å²) in [5.41, 5.74) is 1.94. The molecule has 1 aromatic carbocycles. The van der Waals surface area contributed by atoms with Gasteiger partial charge in [0.15, 0.2) is 0 Å². The van der Waals surface area contributed by atoms with Crippen molar-refractivity contribution in [3.8, 4) is 0 Å². The SMILES string of the molecule is CCC(C)(C)c1nc2cc(S(=O)(=O)n3ccc(CC(=O)NCCF)c3)ccc2n1CC1CCOCC1. The summed E-state index contributed by atoms with van der Waals surface area (Å²) in [5, 5.41) is 2.44. The van der Waals surface area contributed by atoms with Crippen molar-refractivity contribution >= 4 is 27.0 Å². The number of nitrogens with one attached hydrogen (secondary N) is 1. The Hall–Kier alpha value is -2.72. The van der Waals surface area contributed by atoms with E-state index in [0.717, 1.165) is 54.3 Å². The summed E-state index contributed by atoms with van der Waals surface area (Å²) < 4.78 is 47.9. The third-order valence-corrected chi connectivity index (χ3v) is 8.71. The molecule has 1 aliphatic rings. The molecule has 36 heavy (non-hydrogen) atoms. The van der Waals surface area contributed by atoms with E-state index in [2.05, 4.69) is 30.7 Å². The summed E-state index contributed by atoms with van der Waals surface area (Å²) in [4.78, 5) is 16.9. The smallest absolute Gasteiger partial charge is 0.267 e. The molecule has 0 radical (unpaired) electrons. The molecule has 0 spiro atoms. The highest BCUT2D eigenvalue weighted by Crippen LogP contribution is 2.32. The van der Waals surface area contributed by atoms with Crippen molar-refractivity contribution < 1.29 is 22.3 Å². The van der Waals surface area contributed by atoms with Gasteiger partial charge in [0.1, 0.15) is 12.5 Å². The third kappa shape index (κ3) is 5.49. The molecule has 4 rings (SSSR count). The van der Waals surface area contributed by atoms with Gasteiger partial charge >= 0.3 is 0 Å². The summed E-state index contributed by atoms with van der Waals surface area (Å²) in [5.74, 6) is 1.10. The highest BCUT2D eigenvalue weighted by molar-refractivity contribution is 7.90. The Kier molecular flexibility index (Phi) is 7.85. The van der Waals surface area contributed by atoms with E-state index in [0.29, 0.717) is 17.0 Å². The molecule has 3 aromatic rings. The van der Waals surface area contributed by atoms with Crippen LogP contribution < -0.4 is 5.32 Å². The van der Waals surface area contributed by atoms with E-state index >= 15 is 0 Å². The van der Waals surface area contributed by atoms with Gasteiger partial charge < -0.3 is 14.6 Å². The van der Waals surface area contributed by atoms with Crippen LogP contribution in [0.5, 0.6) is 0 Å². The van der Waals surface area contributed by atoms with Gasteiger partial charge in [-0.15, -0.1) is 0 Å². The molecule has 0 aliphatic carbocycles. The number of imidazole rings is 1. The minimum atomic E-state index is -3.88. The molecule has 0 saturated carbocycles. The molecule has 3 heterocycles. The number of alkyl halides is 1. The fraction of sp³-hybridized carbons (Fsp3) is 0.538. The van der Waals surface area contributed by atoms with Crippen molar-refractivity contribution in [2.45, 2.75) is 63.3 Å². The van der Waals surface area contributed by atoms with Gasteiger partial charge in [-0.25, -0.2) is 21.8 Å². The first-order valence-corrected chi connectivity index (χ1v) is 13.9. The Morgan fingerprint density at radius 1 is 1.25 bits per heavy atom. The molecular weight excluding hydrogens is 483 g/mol. The lowest BCUT2D eigenvalue weighted by Crippen LogP contribution is -2.26. The molecule has 0 bridgehead atoms. The molecular formula is C26H35FN4O4S. The zero-order chi connectivity index (χ0) is 25.9. The molecule has 196 valence electrons. The van der Waals surface area contributed by atoms with Crippen molar-refractivity contribution in [1.29, 1.82) is 0 Å². The molecule has 8 nitrogen and oxygen atoms in total. The molecule has 10 heteroatoms. The van der Waals surface area contributed by atoms with Crippen LogP contribution in [0.1, 0.15) is 51.4 Å². The zero-order valence-electron chi connectivity index (χ0n) is 21.2. The normalized spacial score (nSPS) is 15.4. The van der Waals surface area contributed by atoms with E-state index in [9.17, 15) is 17.6 Å². The monoisotopic (exact) mass is 518 g/mol. The Balaban J connectivity index is 1.66. The summed E-state index contributed by atoms with van der Waals surface area (Å²) in [7, 11) is -3.88. The molecule has 1 amide bonds. The maximum absolute atomic E-state index is 13.4. The van der Waals surface area contributed by atoms with Crippen LogP contribution in [0.15, 0.2) is 41.6 Å². The van der Waals surface area contributed by atoms with E-state index < -0.39 is 16.7 Å². The van der Waals surface area contributed by atoms with Crippen molar-refractivity contribution in [3.05, 3.63) is 48.0 Å². The maximum Gasteiger partial charge on any atom is 0.267 e. The predicted molar refractivity (Wildman–Crippen MR) is 136 cm³/mol. The lowest BCUT2D eigenvalue weighted by atomic mass is 9.89. The van der Waals surface area contributed by atoms with Crippen LogP contribution in [0.4, 0.5) is 4.39 Å². The quantitative estimate of drug-likeness (QED) is 0.440. The first kappa shape index (κ1) is 26.3. The molecule has 1 N–H and O–H groups in total. The largest absolute Gasteiger partial charge is 0.381 e. The summed E-state index contributed by atoms with van der Waals surface area (Å²) >= 11 is 0. The second-order valence-corrected chi connectivity index (χ2v) is 11.9. The fourth-order valence-electron chi connectivity index (χ4n) is 4.55. The van der Waals surface area contributed by atoms with Crippen LogP contribution in [0.25, 0.3) is 11.0 Å². The van der Waals surface area contributed by atoms with Crippen LogP contribution in [-0.4, -0.2) is 54.3 Å². The van der Waals surface area contributed by atoms with E-state index in [-0.39, 0.29) is 29.2 Å². The topological polar surface area (TPSA) is 95.2 Å². The lowest BCUT2D eigenvalue weighted by Gasteiger charge is -2.28. The number of fused-ring (bicyclic) bond motifs is 1. The van der Waals surface area contributed by atoms with Gasteiger partial charge in [0.25, 0.3) is 10.0 Å². The second-order valence-electron chi connectivity index (χ2n) is 10.1.